The van der Waals surface area contributed by atoms with E-state index in [2.05, 4.69) is 27.1 Å². The van der Waals surface area contributed by atoms with Crippen molar-refractivity contribution in [2.24, 2.45) is 15.9 Å². The first-order valence-corrected chi connectivity index (χ1v) is 11.0. The number of allylic oxidation sites excluding steroid dienone is 5. The van der Waals surface area contributed by atoms with Gasteiger partial charge in [0.2, 0.25) is 0 Å². The Morgan fingerprint density at radius 3 is 2.71 bits per heavy atom. The molecule has 0 bridgehead atoms. The van der Waals surface area contributed by atoms with Gasteiger partial charge in [-0.1, -0.05) is 24.8 Å². The van der Waals surface area contributed by atoms with Crippen molar-refractivity contribution in [2.45, 2.75) is 39.2 Å². The minimum absolute atomic E-state index is 0.125. The maximum Gasteiger partial charge on any atom is 0.152 e. The molecule has 1 aromatic rings. The predicted octanol–water partition coefficient (Wildman–Crippen LogP) is 4.00. The van der Waals surface area contributed by atoms with Crippen molar-refractivity contribution in [2.75, 3.05) is 25.5 Å². The Bertz CT molecular complexity index is 976. The zero-order valence-corrected chi connectivity index (χ0v) is 19.7. The molecule has 184 valence electrons. The Kier molecular flexibility index (Phi) is 11.1. The van der Waals surface area contributed by atoms with Gasteiger partial charge in [0, 0.05) is 38.2 Å². The highest BCUT2D eigenvalue weighted by molar-refractivity contribution is 6.03. The molecule has 1 aromatic heterocycles. The minimum Gasteiger partial charge on any atom is -0.383 e. The van der Waals surface area contributed by atoms with Crippen LogP contribution in [0, 0.1) is 0 Å². The fourth-order valence-corrected chi connectivity index (χ4v) is 3.26. The van der Waals surface area contributed by atoms with E-state index in [0.29, 0.717) is 12.0 Å². The van der Waals surface area contributed by atoms with E-state index < -0.39 is 18.2 Å². The van der Waals surface area contributed by atoms with Crippen molar-refractivity contribution in [1.82, 2.24) is 15.4 Å². The molecular formula is C24H33F2N7O. The molecule has 34 heavy (non-hydrogen) atoms. The van der Waals surface area contributed by atoms with E-state index in [9.17, 15) is 8.78 Å². The summed E-state index contributed by atoms with van der Waals surface area (Å²) in [4.78, 5) is 8.21. The molecule has 10 heteroatoms. The second-order valence-corrected chi connectivity index (χ2v) is 7.55. The van der Waals surface area contributed by atoms with Gasteiger partial charge >= 0.3 is 0 Å². The quantitative estimate of drug-likeness (QED) is 0.189. The van der Waals surface area contributed by atoms with Crippen LogP contribution >= 0.6 is 0 Å². The molecule has 3 heterocycles. The number of pyridine rings is 1. The zero-order valence-electron chi connectivity index (χ0n) is 19.7. The minimum atomic E-state index is -0.973. The maximum atomic E-state index is 13.5. The van der Waals surface area contributed by atoms with Gasteiger partial charge in [-0.05, 0) is 43.9 Å². The number of halogens is 2. The average molecular weight is 474 g/mol. The molecule has 0 aliphatic carbocycles. The number of nitrogen functional groups attached to an aromatic ring is 1. The Hall–Kier alpha value is -3.37. The highest BCUT2D eigenvalue weighted by atomic mass is 19.2. The van der Waals surface area contributed by atoms with Crippen LogP contribution in [0.3, 0.4) is 0 Å². The van der Waals surface area contributed by atoms with Gasteiger partial charge in [0.1, 0.15) is 17.5 Å². The largest absolute Gasteiger partial charge is 0.383 e. The molecule has 0 saturated carbocycles. The summed E-state index contributed by atoms with van der Waals surface area (Å²) < 4.78 is 31.8. The summed E-state index contributed by atoms with van der Waals surface area (Å²) in [6.45, 7) is 7.40. The number of hydrogen-bond donors (Lipinski definition) is 3. The number of hydrazone groups is 1. The molecule has 0 aromatic carbocycles. The van der Waals surface area contributed by atoms with Gasteiger partial charge in [-0.3, -0.25) is 10.0 Å². The molecule has 3 rings (SSSR count). The third-order valence-electron chi connectivity index (χ3n) is 5.14. The molecule has 8 nitrogen and oxygen atoms in total. The fourth-order valence-electron chi connectivity index (χ4n) is 3.26. The predicted molar refractivity (Wildman–Crippen MR) is 134 cm³/mol. The van der Waals surface area contributed by atoms with Crippen LogP contribution in [0.25, 0.3) is 5.57 Å². The summed E-state index contributed by atoms with van der Waals surface area (Å²) >= 11 is 0. The van der Waals surface area contributed by atoms with E-state index in [1.54, 1.807) is 18.3 Å². The lowest BCUT2D eigenvalue weighted by atomic mass is 10.0. The highest BCUT2D eigenvalue weighted by Crippen LogP contribution is 2.26. The lowest BCUT2D eigenvalue weighted by Gasteiger charge is -2.31. The van der Waals surface area contributed by atoms with E-state index in [1.165, 1.54) is 0 Å². The van der Waals surface area contributed by atoms with Crippen LogP contribution in [0.4, 0.5) is 14.6 Å². The van der Waals surface area contributed by atoms with Gasteiger partial charge in [-0.25, -0.2) is 19.6 Å². The first kappa shape index (κ1) is 26.9. The van der Waals surface area contributed by atoms with Crippen LogP contribution in [-0.4, -0.2) is 47.8 Å². The molecular weight excluding hydrogens is 440 g/mol. The van der Waals surface area contributed by atoms with Gasteiger partial charge < -0.3 is 15.9 Å². The summed E-state index contributed by atoms with van der Waals surface area (Å²) in [5.74, 6) is 3.94. The fraction of sp³-hybridized carbons (Fsp3) is 0.375. The van der Waals surface area contributed by atoms with Crippen LogP contribution in [0.1, 0.15) is 44.2 Å². The summed E-state index contributed by atoms with van der Waals surface area (Å²) in [7, 11) is 0. The van der Waals surface area contributed by atoms with E-state index in [0.717, 1.165) is 44.1 Å². The van der Waals surface area contributed by atoms with Crippen LogP contribution in [0.2, 0.25) is 0 Å². The Balaban J connectivity index is 0.000000739. The second-order valence-electron chi connectivity index (χ2n) is 7.55. The second kappa shape index (κ2) is 14.0. The molecule has 0 atom stereocenters. The highest BCUT2D eigenvalue weighted by Gasteiger charge is 2.22. The Labute approximate surface area is 199 Å². The Morgan fingerprint density at radius 1 is 1.38 bits per heavy atom. The van der Waals surface area contributed by atoms with Crippen molar-refractivity contribution >= 4 is 23.4 Å². The summed E-state index contributed by atoms with van der Waals surface area (Å²) in [5.41, 5.74) is 10.6. The number of aromatic nitrogens is 1. The van der Waals surface area contributed by atoms with Gasteiger partial charge in [0.05, 0.1) is 18.2 Å². The number of ether oxygens (including phenoxy) is 1. The first-order valence-electron chi connectivity index (χ1n) is 11.0. The molecule has 2 aliphatic rings. The molecule has 0 amide bonds. The molecule has 1 saturated heterocycles. The SMILES string of the molecule is C/C(F)=C(/F)CN=C(NN)c1cc(C2=CN(C3CCOCC3)N=CC2)cnc1N.C=C/C=C\C. The lowest BCUT2D eigenvalue weighted by Crippen LogP contribution is -2.34. The van der Waals surface area contributed by atoms with Crippen LogP contribution in [0.15, 0.2) is 65.0 Å². The molecule has 0 unspecified atom stereocenters. The normalized spacial score (nSPS) is 17.6. The zero-order chi connectivity index (χ0) is 24.9. The van der Waals surface area contributed by atoms with E-state index in [1.807, 2.05) is 36.5 Å². The van der Waals surface area contributed by atoms with Crippen molar-refractivity contribution < 1.29 is 13.5 Å². The van der Waals surface area contributed by atoms with E-state index in [-0.39, 0.29) is 17.7 Å². The van der Waals surface area contributed by atoms with E-state index >= 15 is 0 Å². The Morgan fingerprint density at radius 2 is 2.12 bits per heavy atom. The monoisotopic (exact) mass is 473 g/mol. The van der Waals surface area contributed by atoms with Crippen molar-refractivity contribution in [1.29, 1.82) is 0 Å². The molecule has 5 N–H and O–H groups in total. The third-order valence-corrected chi connectivity index (χ3v) is 5.14. The van der Waals surface area contributed by atoms with Crippen LogP contribution in [0.5, 0.6) is 0 Å². The third kappa shape index (κ3) is 7.89. The van der Waals surface area contributed by atoms with Gasteiger partial charge in [-0.2, -0.15) is 5.10 Å². The molecule has 2 aliphatic heterocycles. The topological polar surface area (TPSA) is 114 Å². The molecule has 0 radical (unpaired) electrons. The number of hydrogen-bond acceptors (Lipinski definition) is 7. The number of nitrogens with zero attached hydrogens (tertiary/aromatic N) is 4. The summed E-state index contributed by atoms with van der Waals surface area (Å²) in [6.07, 6.45) is 13.5. The maximum absolute atomic E-state index is 13.5. The first-order chi connectivity index (χ1) is 16.4. The summed E-state index contributed by atoms with van der Waals surface area (Å²) in [5, 5.41) is 6.43. The van der Waals surface area contributed by atoms with Gasteiger partial charge in [0.25, 0.3) is 0 Å². The average Bonchev–Trinajstić information content (AvgIpc) is 2.86. The number of hydrazine groups is 1. The summed E-state index contributed by atoms with van der Waals surface area (Å²) in [6, 6.07) is 2.07. The number of anilines is 1. The lowest BCUT2D eigenvalue weighted by molar-refractivity contribution is 0.0502. The van der Waals surface area contributed by atoms with Gasteiger partial charge in [-0.15, -0.1) is 0 Å². The smallest absolute Gasteiger partial charge is 0.152 e. The van der Waals surface area contributed by atoms with Crippen molar-refractivity contribution in [3.05, 3.63) is 66.1 Å². The molecule has 0 spiro atoms. The van der Waals surface area contributed by atoms with Gasteiger partial charge in [0.15, 0.2) is 5.83 Å². The van der Waals surface area contributed by atoms with Crippen LogP contribution < -0.4 is 17.0 Å². The molecule has 1 fully saturated rings. The number of nitrogens with two attached hydrogens (primary N) is 2. The van der Waals surface area contributed by atoms with E-state index in [4.69, 9.17) is 16.3 Å². The van der Waals surface area contributed by atoms with Crippen molar-refractivity contribution in [3.8, 4) is 0 Å². The standard InChI is InChI=1S/C19H25F2N7O.C5H8/c1-12(20)17(21)10-25-19(27-23)16-8-14(9-24-18(16)22)13-2-5-26-28(11-13)15-3-6-29-7-4-15;1-3-5-4-2/h5,8-9,11,15H,2-4,6-7,10,23H2,1H3,(H2,22,24)(H,25,27);3-5H,1H2,2H3/b17-12-;5-4-. The van der Waals surface area contributed by atoms with Crippen LogP contribution in [-0.2, 0) is 4.74 Å². The van der Waals surface area contributed by atoms with Crippen molar-refractivity contribution in [3.63, 3.8) is 0 Å². The number of amidine groups is 1. The number of aliphatic imine (C=N–C) groups is 1. The number of rotatable bonds is 6. The number of nitrogens with one attached hydrogen (secondary N) is 1.